The van der Waals surface area contributed by atoms with Crippen LogP contribution in [-0.4, -0.2) is 33.5 Å². The normalized spacial score (nSPS) is 10.3. The van der Waals surface area contributed by atoms with Crippen molar-refractivity contribution < 1.29 is 9.72 Å². The zero-order chi connectivity index (χ0) is 16.8. The van der Waals surface area contributed by atoms with Crippen LogP contribution in [0.25, 0.3) is 0 Å². The first-order chi connectivity index (χ1) is 11.0. The smallest absolute Gasteiger partial charge is 0.292 e. The van der Waals surface area contributed by atoms with E-state index in [2.05, 4.69) is 15.6 Å². The third-order valence-corrected chi connectivity index (χ3v) is 3.33. The predicted molar refractivity (Wildman–Crippen MR) is 86.5 cm³/mol. The monoisotopic (exact) mass is 317 g/mol. The van der Waals surface area contributed by atoms with Gasteiger partial charge >= 0.3 is 0 Å². The Morgan fingerprint density at radius 3 is 2.83 bits per heavy atom. The Labute approximate surface area is 133 Å². The standard InChI is InChI=1S/C15H19N5O3/c1-11-4-5-12(13(10-11)20(22)23)16-6-3-7-18-15(21)14-17-8-9-19(14)2/h4-5,8-10,16H,3,6-7H2,1-2H3,(H,18,21). The van der Waals surface area contributed by atoms with E-state index in [-0.39, 0.29) is 11.6 Å². The van der Waals surface area contributed by atoms with Crippen LogP contribution in [0.3, 0.4) is 0 Å². The fourth-order valence-electron chi connectivity index (χ4n) is 2.12. The molecule has 0 aliphatic carbocycles. The van der Waals surface area contributed by atoms with Crippen molar-refractivity contribution in [3.63, 3.8) is 0 Å². The van der Waals surface area contributed by atoms with Crippen molar-refractivity contribution in [1.82, 2.24) is 14.9 Å². The molecular weight excluding hydrogens is 298 g/mol. The van der Waals surface area contributed by atoms with Gasteiger partial charge in [0.2, 0.25) is 0 Å². The van der Waals surface area contributed by atoms with Gasteiger partial charge in [0.05, 0.1) is 4.92 Å². The first-order valence-electron chi connectivity index (χ1n) is 7.23. The Kier molecular flexibility index (Phi) is 5.29. The van der Waals surface area contributed by atoms with Gasteiger partial charge in [-0.15, -0.1) is 0 Å². The molecule has 0 aliphatic heterocycles. The highest BCUT2D eigenvalue weighted by atomic mass is 16.6. The minimum Gasteiger partial charge on any atom is -0.379 e. The molecule has 23 heavy (non-hydrogen) atoms. The second-order valence-corrected chi connectivity index (χ2v) is 5.18. The number of carbonyl (C=O) groups excluding carboxylic acids is 1. The Hall–Kier alpha value is -2.90. The van der Waals surface area contributed by atoms with Crippen LogP contribution in [0, 0.1) is 17.0 Å². The van der Waals surface area contributed by atoms with E-state index in [1.807, 2.05) is 13.0 Å². The Bertz CT molecular complexity index is 711. The number of aryl methyl sites for hydroxylation is 2. The molecule has 2 rings (SSSR count). The Balaban J connectivity index is 1.79. The largest absolute Gasteiger partial charge is 0.379 e. The lowest BCUT2D eigenvalue weighted by molar-refractivity contribution is -0.384. The summed E-state index contributed by atoms with van der Waals surface area (Å²) in [7, 11) is 1.75. The zero-order valence-corrected chi connectivity index (χ0v) is 13.1. The molecule has 2 aromatic rings. The van der Waals surface area contributed by atoms with Gasteiger partial charge in [-0.25, -0.2) is 4.98 Å². The molecule has 0 fully saturated rings. The number of nitro benzene ring substituents is 1. The molecule has 0 atom stereocenters. The Morgan fingerprint density at radius 2 is 2.17 bits per heavy atom. The highest BCUT2D eigenvalue weighted by Gasteiger charge is 2.13. The van der Waals surface area contributed by atoms with E-state index >= 15 is 0 Å². The van der Waals surface area contributed by atoms with Crippen LogP contribution >= 0.6 is 0 Å². The van der Waals surface area contributed by atoms with Crippen molar-refractivity contribution in [2.45, 2.75) is 13.3 Å². The minimum atomic E-state index is -0.405. The molecule has 8 heteroatoms. The van der Waals surface area contributed by atoms with Gasteiger partial charge in [0.15, 0.2) is 5.82 Å². The molecule has 1 amide bonds. The van der Waals surface area contributed by atoms with Crippen molar-refractivity contribution in [3.8, 4) is 0 Å². The summed E-state index contributed by atoms with van der Waals surface area (Å²) in [5.74, 6) is 0.117. The van der Waals surface area contributed by atoms with E-state index in [0.717, 1.165) is 5.56 Å². The maximum atomic E-state index is 11.8. The van der Waals surface area contributed by atoms with Crippen molar-refractivity contribution in [1.29, 1.82) is 0 Å². The molecule has 0 aliphatic rings. The molecule has 122 valence electrons. The Morgan fingerprint density at radius 1 is 1.39 bits per heavy atom. The summed E-state index contributed by atoms with van der Waals surface area (Å²) in [5, 5.41) is 16.8. The number of carbonyl (C=O) groups is 1. The first kappa shape index (κ1) is 16.5. The topological polar surface area (TPSA) is 102 Å². The number of amides is 1. The maximum Gasteiger partial charge on any atom is 0.292 e. The average molecular weight is 317 g/mol. The lowest BCUT2D eigenvalue weighted by atomic mass is 10.2. The summed E-state index contributed by atoms with van der Waals surface area (Å²) in [6.45, 7) is 2.78. The third kappa shape index (κ3) is 4.29. The summed E-state index contributed by atoms with van der Waals surface area (Å²) in [6.07, 6.45) is 3.90. The average Bonchev–Trinajstić information content (AvgIpc) is 2.94. The second-order valence-electron chi connectivity index (χ2n) is 5.18. The molecule has 1 heterocycles. The van der Waals surface area contributed by atoms with Crippen LogP contribution in [0.15, 0.2) is 30.6 Å². The number of nitro groups is 1. The van der Waals surface area contributed by atoms with Gasteiger partial charge < -0.3 is 15.2 Å². The molecule has 0 saturated carbocycles. The second kappa shape index (κ2) is 7.39. The number of anilines is 1. The molecule has 1 aromatic carbocycles. The van der Waals surface area contributed by atoms with Crippen LogP contribution in [0.1, 0.15) is 22.6 Å². The van der Waals surface area contributed by atoms with Gasteiger partial charge in [-0.3, -0.25) is 14.9 Å². The van der Waals surface area contributed by atoms with Gasteiger partial charge in [-0.05, 0) is 25.0 Å². The van der Waals surface area contributed by atoms with Gasteiger partial charge in [0.25, 0.3) is 11.6 Å². The fourth-order valence-corrected chi connectivity index (χ4v) is 2.12. The molecule has 0 spiro atoms. The molecular formula is C15H19N5O3. The highest BCUT2D eigenvalue weighted by Crippen LogP contribution is 2.24. The van der Waals surface area contributed by atoms with Gasteiger partial charge in [-0.1, -0.05) is 6.07 Å². The number of hydrogen-bond acceptors (Lipinski definition) is 5. The van der Waals surface area contributed by atoms with E-state index in [9.17, 15) is 14.9 Å². The van der Waals surface area contributed by atoms with Crippen molar-refractivity contribution in [3.05, 3.63) is 52.1 Å². The van der Waals surface area contributed by atoms with Gasteiger partial charge in [0, 0.05) is 38.6 Å². The number of hydrogen-bond donors (Lipinski definition) is 2. The minimum absolute atomic E-state index is 0.0574. The summed E-state index contributed by atoms with van der Waals surface area (Å²) in [6, 6.07) is 5.04. The number of rotatable bonds is 7. The lowest BCUT2D eigenvalue weighted by Crippen LogP contribution is -2.28. The number of benzene rings is 1. The van der Waals surface area contributed by atoms with E-state index in [4.69, 9.17) is 0 Å². The van der Waals surface area contributed by atoms with E-state index in [1.165, 1.54) is 6.07 Å². The highest BCUT2D eigenvalue weighted by molar-refractivity contribution is 5.90. The number of aromatic nitrogens is 2. The summed E-state index contributed by atoms with van der Waals surface area (Å²) >= 11 is 0. The van der Waals surface area contributed by atoms with Crippen molar-refractivity contribution in [2.24, 2.45) is 7.05 Å². The molecule has 0 saturated heterocycles. The number of imidazole rings is 1. The summed E-state index contributed by atoms with van der Waals surface area (Å²) < 4.78 is 1.64. The van der Waals surface area contributed by atoms with Gasteiger partial charge in [-0.2, -0.15) is 0 Å². The van der Waals surface area contributed by atoms with E-state index in [1.54, 1.807) is 30.1 Å². The van der Waals surface area contributed by atoms with Crippen LogP contribution in [-0.2, 0) is 7.05 Å². The lowest BCUT2D eigenvalue weighted by Gasteiger charge is -2.08. The van der Waals surface area contributed by atoms with Crippen LogP contribution in [0.4, 0.5) is 11.4 Å². The van der Waals surface area contributed by atoms with Crippen molar-refractivity contribution >= 4 is 17.3 Å². The van der Waals surface area contributed by atoms with E-state index < -0.39 is 4.92 Å². The number of nitrogens with one attached hydrogen (secondary N) is 2. The number of nitrogens with zero attached hydrogens (tertiary/aromatic N) is 3. The molecule has 2 N–H and O–H groups in total. The quantitative estimate of drug-likeness (QED) is 0.461. The maximum absolute atomic E-state index is 11.8. The summed E-state index contributed by atoms with van der Waals surface area (Å²) in [5.41, 5.74) is 1.38. The molecule has 0 unspecified atom stereocenters. The fraction of sp³-hybridized carbons (Fsp3) is 0.333. The van der Waals surface area contributed by atoms with E-state index in [0.29, 0.717) is 31.0 Å². The molecule has 8 nitrogen and oxygen atoms in total. The third-order valence-electron chi connectivity index (χ3n) is 3.33. The molecule has 1 aromatic heterocycles. The summed E-state index contributed by atoms with van der Waals surface area (Å²) in [4.78, 5) is 26.4. The SMILES string of the molecule is Cc1ccc(NCCCNC(=O)c2nccn2C)c([N+](=O)[O-])c1. The first-order valence-corrected chi connectivity index (χ1v) is 7.23. The van der Waals surface area contributed by atoms with Crippen LogP contribution < -0.4 is 10.6 Å². The predicted octanol–water partition coefficient (Wildman–Crippen LogP) is 1.87. The van der Waals surface area contributed by atoms with Gasteiger partial charge in [0.1, 0.15) is 5.69 Å². The molecule has 0 bridgehead atoms. The zero-order valence-electron chi connectivity index (χ0n) is 13.1. The van der Waals surface area contributed by atoms with Crippen LogP contribution in [0.2, 0.25) is 0 Å². The molecule has 0 radical (unpaired) electrons. The van der Waals surface area contributed by atoms with Crippen LogP contribution in [0.5, 0.6) is 0 Å². The van der Waals surface area contributed by atoms with Crippen molar-refractivity contribution in [2.75, 3.05) is 18.4 Å².